The zero-order valence-electron chi connectivity index (χ0n) is 11.2. The second kappa shape index (κ2) is 5.67. The zero-order chi connectivity index (χ0) is 13.0. The molecule has 2 aromatic rings. The third-order valence-electron chi connectivity index (χ3n) is 3.13. The monoisotopic (exact) mass is 240 g/mol. The van der Waals surface area contributed by atoms with E-state index in [1.165, 1.54) is 11.4 Å². The highest BCUT2D eigenvalue weighted by molar-refractivity contribution is 5.32. The normalized spacial score (nSPS) is 10.6. The number of unbranched alkanes of at least 4 members (excludes halogenated alkanes) is 1. The molecule has 0 spiro atoms. The maximum Gasteiger partial charge on any atom is 0.137 e. The van der Waals surface area contributed by atoms with Gasteiger partial charge in [-0.3, -0.25) is 0 Å². The summed E-state index contributed by atoms with van der Waals surface area (Å²) in [5, 5.41) is 0. The van der Waals surface area contributed by atoms with Crippen LogP contribution < -0.4 is 0 Å². The van der Waals surface area contributed by atoms with Crippen LogP contribution in [0.3, 0.4) is 0 Å². The Morgan fingerprint density at radius 2 is 1.89 bits per heavy atom. The maximum absolute atomic E-state index is 4.74. The lowest BCUT2D eigenvalue weighted by atomic mass is 10.2. The Kier molecular flexibility index (Phi) is 3.98. The average Bonchev–Trinajstić information content (AvgIpc) is 2.70. The fourth-order valence-corrected chi connectivity index (χ4v) is 2.19. The van der Waals surface area contributed by atoms with Crippen molar-refractivity contribution in [2.75, 3.05) is 0 Å². The summed E-state index contributed by atoms with van der Waals surface area (Å²) in [6.07, 6.45) is 5.14. The number of allylic oxidation sites excluding steroid dienone is 1. The van der Waals surface area contributed by atoms with E-state index in [9.17, 15) is 0 Å². The van der Waals surface area contributed by atoms with Gasteiger partial charge in [-0.25, -0.2) is 4.98 Å². The summed E-state index contributed by atoms with van der Waals surface area (Å²) >= 11 is 0. The third-order valence-corrected chi connectivity index (χ3v) is 3.13. The predicted octanol–water partition coefficient (Wildman–Crippen LogP) is 4.00. The Morgan fingerprint density at radius 3 is 2.56 bits per heavy atom. The van der Waals surface area contributed by atoms with E-state index in [0.29, 0.717) is 0 Å². The molecule has 0 N–H and O–H groups in total. The molecule has 0 saturated carbocycles. The van der Waals surface area contributed by atoms with Crippen molar-refractivity contribution in [3.8, 4) is 5.82 Å². The van der Waals surface area contributed by atoms with Crippen molar-refractivity contribution in [3.63, 3.8) is 0 Å². The lowest BCUT2D eigenvalue weighted by Gasteiger charge is -2.09. The lowest BCUT2D eigenvalue weighted by molar-refractivity contribution is 0.805. The molecule has 2 rings (SSSR count). The molecule has 0 amide bonds. The first-order valence-electron chi connectivity index (χ1n) is 6.44. The van der Waals surface area contributed by atoms with Crippen LogP contribution in [-0.2, 0) is 6.42 Å². The van der Waals surface area contributed by atoms with Crippen LogP contribution in [0.25, 0.3) is 5.82 Å². The van der Waals surface area contributed by atoms with Gasteiger partial charge < -0.3 is 4.57 Å². The second-order valence-electron chi connectivity index (χ2n) is 4.62. The summed E-state index contributed by atoms with van der Waals surface area (Å²) in [5.41, 5.74) is 3.60. The number of pyridine rings is 1. The predicted molar refractivity (Wildman–Crippen MR) is 76.2 cm³/mol. The summed E-state index contributed by atoms with van der Waals surface area (Å²) in [6.45, 7) is 7.97. The molecule has 18 heavy (non-hydrogen) atoms. The number of aryl methyl sites for hydroxylation is 3. The van der Waals surface area contributed by atoms with Crippen molar-refractivity contribution in [1.82, 2.24) is 9.55 Å². The molecule has 0 aliphatic rings. The van der Waals surface area contributed by atoms with Gasteiger partial charge in [0, 0.05) is 17.1 Å². The zero-order valence-corrected chi connectivity index (χ0v) is 11.2. The van der Waals surface area contributed by atoms with Gasteiger partial charge in [0.05, 0.1) is 0 Å². The third kappa shape index (κ3) is 2.70. The Morgan fingerprint density at radius 1 is 1.17 bits per heavy atom. The Balaban J connectivity index is 2.24. The number of hydrogen-bond acceptors (Lipinski definition) is 1. The molecule has 0 saturated heterocycles. The summed E-state index contributed by atoms with van der Waals surface area (Å²) in [4.78, 5) is 4.74. The molecule has 2 aromatic heterocycles. The van der Waals surface area contributed by atoms with Gasteiger partial charge in [0.2, 0.25) is 0 Å². The molecule has 0 radical (unpaired) electrons. The summed E-state index contributed by atoms with van der Waals surface area (Å²) < 4.78 is 2.19. The van der Waals surface area contributed by atoms with Gasteiger partial charge in [-0.05, 0) is 57.4 Å². The highest BCUT2D eigenvalue weighted by atomic mass is 15.1. The molecular formula is C16H20N2. The molecule has 0 aliphatic carbocycles. The molecule has 0 atom stereocenters. The standard InChI is InChI=1S/C16H20N2/c1-4-5-6-8-15-9-7-10-16(17-15)18-13(2)11-12-14(18)3/h4,7,9-12H,1,5-6,8H2,2-3H3. The quantitative estimate of drug-likeness (QED) is 0.570. The molecule has 2 nitrogen and oxygen atoms in total. The van der Waals surface area contributed by atoms with Crippen LogP contribution in [0.4, 0.5) is 0 Å². The average molecular weight is 240 g/mol. The number of aromatic nitrogens is 2. The fraction of sp³-hybridized carbons (Fsp3) is 0.312. The van der Waals surface area contributed by atoms with E-state index in [2.05, 4.69) is 55.3 Å². The molecule has 0 aliphatic heterocycles. The first-order valence-corrected chi connectivity index (χ1v) is 6.44. The Hall–Kier alpha value is -1.83. The van der Waals surface area contributed by atoms with E-state index in [1.807, 2.05) is 6.08 Å². The minimum atomic E-state index is 1.01. The molecule has 94 valence electrons. The largest absolute Gasteiger partial charge is 0.303 e. The van der Waals surface area contributed by atoms with Gasteiger partial charge in [-0.15, -0.1) is 6.58 Å². The molecule has 2 heterocycles. The summed E-state index contributed by atoms with van der Waals surface area (Å²) in [6, 6.07) is 10.5. The second-order valence-corrected chi connectivity index (χ2v) is 4.62. The lowest BCUT2D eigenvalue weighted by Crippen LogP contribution is -2.03. The van der Waals surface area contributed by atoms with Gasteiger partial charge in [-0.2, -0.15) is 0 Å². The molecule has 2 heteroatoms. The van der Waals surface area contributed by atoms with Crippen LogP contribution in [0.15, 0.2) is 43.0 Å². The maximum atomic E-state index is 4.74. The van der Waals surface area contributed by atoms with E-state index in [0.717, 1.165) is 30.8 Å². The fourth-order valence-electron chi connectivity index (χ4n) is 2.19. The number of hydrogen-bond donors (Lipinski definition) is 0. The van der Waals surface area contributed by atoms with Gasteiger partial charge in [0.1, 0.15) is 5.82 Å². The Labute approximate surface area is 109 Å². The first kappa shape index (κ1) is 12.6. The van der Waals surface area contributed by atoms with Crippen LogP contribution in [0.1, 0.15) is 29.9 Å². The smallest absolute Gasteiger partial charge is 0.137 e. The molecule has 0 bridgehead atoms. The minimum Gasteiger partial charge on any atom is -0.303 e. The SMILES string of the molecule is C=CCCCc1cccc(-n2c(C)ccc2C)n1. The van der Waals surface area contributed by atoms with Gasteiger partial charge in [-0.1, -0.05) is 12.1 Å². The molecule has 0 fully saturated rings. The van der Waals surface area contributed by atoms with Crippen LogP contribution in [0.5, 0.6) is 0 Å². The van der Waals surface area contributed by atoms with Crippen LogP contribution in [0, 0.1) is 13.8 Å². The van der Waals surface area contributed by atoms with E-state index in [4.69, 9.17) is 4.98 Å². The Bertz CT molecular complexity index is 518. The van der Waals surface area contributed by atoms with Crippen molar-refractivity contribution >= 4 is 0 Å². The van der Waals surface area contributed by atoms with Gasteiger partial charge >= 0.3 is 0 Å². The van der Waals surface area contributed by atoms with Crippen LogP contribution in [0.2, 0.25) is 0 Å². The van der Waals surface area contributed by atoms with Gasteiger partial charge in [0.25, 0.3) is 0 Å². The number of nitrogens with zero attached hydrogens (tertiary/aromatic N) is 2. The highest BCUT2D eigenvalue weighted by Gasteiger charge is 2.05. The van der Waals surface area contributed by atoms with Crippen molar-refractivity contribution in [2.24, 2.45) is 0 Å². The summed E-state index contributed by atoms with van der Waals surface area (Å²) in [7, 11) is 0. The van der Waals surface area contributed by atoms with Gasteiger partial charge in [0.15, 0.2) is 0 Å². The van der Waals surface area contributed by atoms with Crippen molar-refractivity contribution in [1.29, 1.82) is 0 Å². The molecule has 0 aromatic carbocycles. The van der Waals surface area contributed by atoms with Crippen molar-refractivity contribution in [2.45, 2.75) is 33.1 Å². The van der Waals surface area contributed by atoms with Crippen LogP contribution >= 0.6 is 0 Å². The molecule has 0 unspecified atom stereocenters. The first-order chi connectivity index (χ1) is 8.72. The number of rotatable bonds is 5. The van der Waals surface area contributed by atoms with Crippen LogP contribution in [-0.4, -0.2) is 9.55 Å². The van der Waals surface area contributed by atoms with E-state index in [1.54, 1.807) is 0 Å². The van der Waals surface area contributed by atoms with E-state index in [-0.39, 0.29) is 0 Å². The van der Waals surface area contributed by atoms with E-state index < -0.39 is 0 Å². The van der Waals surface area contributed by atoms with Crippen molar-refractivity contribution in [3.05, 3.63) is 60.1 Å². The van der Waals surface area contributed by atoms with Crippen molar-refractivity contribution < 1.29 is 0 Å². The highest BCUT2D eigenvalue weighted by Crippen LogP contribution is 2.15. The minimum absolute atomic E-state index is 1.01. The van der Waals surface area contributed by atoms with E-state index >= 15 is 0 Å². The summed E-state index contributed by atoms with van der Waals surface area (Å²) in [5.74, 6) is 1.02. The topological polar surface area (TPSA) is 17.8 Å². The molecular weight excluding hydrogens is 220 g/mol.